The van der Waals surface area contributed by atoms with E-state index in [0.717, 1.165) is 18.1 Å². The molecule has 1 atom stereocenters. The van der Waals surface area contributed by atoms with E-state index in [-0.39, 0.29) is 11.6 Å². The number of carbonyl (C=O) groups is 1. The molecular formula is C16H23N3O3S2. The molecule has 0 spiro atoms. The van der Waals surface area contributed by atoms with Crippen LogP contribution in [0, 0.1) is 10.1 Å². The summed E-state index contributed by atoms with van der Waals surface area (Å²) >= 11 is 0. The zero-order chi connectivity index (χ0) is 17.2. The molecule has 1 fully saturated rings. The van der Waals surface area contributed by atoms with Crippen LogP contribution in [-0.4, -0.2) is 34.9 Å². The van der Waals surface area contributed by atoms with Crippen LogP contribution < -0.4 is 10.6 Å². The van der Waals surface area contributed by atoms with Crippen molar-refractivity contribution in [3.05, 3.63) is 34.4 Å². The summed E-state index contributed by atoms with van der Waals surface area (Å²) in [6.07, 6.45) is 5.06. The topological polar surface area (TPSA) is 84.3 Å². The molecule has 1 unspecified atom stereocenters. The smallest absolute Gasteiger partial charge is 0.292 e. The number of unbranched alkanes of at least 4 members (excludes halogenated alkanes) is 1. The Labute approximate surface area is 150 Å². The first-order valence-electron chi connectivity index (χ1n) is 8.19. The minimum atomic E-state index is -0.415. The molecule has 0 aliphatic carbocycles. The van der Waals surface area contributed by atoms with Crippen molar-refractivity contribution < 1.29 is 9.72 Å². The largest absolute Gasteiger partial charge is 0.378 e. The van der Waals surface area contributed by atoms with Crippen LogP contribution in [0.5, 0.6) is 0 Å². The van der Waals surface area contributed by atoms with E-state index in [0.29, 0.717) is 25.2 Å². The number of amides is 1. The van der Waals surface area contributed by atoms with Crippen molar-refractivity contribution in [3.63, 3.8) is 0 Å². The number of hydrogen-bond donors (Lipinski definition) is 2. The summed E-state index contributed by atoms with van der Waals surface area (Å²) in [6, 6.07) is 6.50. The number of anilines is 1. The van der Waals surface area contributed by atoms with E-state index in [9.17, 15) is 14.9 Å². The number of nitro benzene ring substituents is 1. The van der Waals surface area contributed by atoms with E-state index >= 15 is 0 Å². The zero-order valence-electron chi connectivity index (χ0n) is 13.5. The minimum Gasteiger partial charge on any atom is -0.378 e. The van der Waals surface area contributed by atoms with Crippen molar-refractivity contribution in [1.82, 2.24) is 5.32 Å². The number of nitrogens with zero attached hydrogens (tertiary/aromatic N) is 1. The third kappa shape index (κ3) is 6.60. The van der Waals surface area contributed by atoms with Gasteiger partial charge in [0.15, 0.2) is 0 Å². The maximum Gasteiger partial charge on any atom is 0.292 e. The van der Waals surface area contributed by atoms with Crippen LogP contribution in [0.1, 0.15) is 32.1 Å². The lowest BCUT2D eigenvalue weighted by molar-refractivity contribution is -0.384. The van der Waals surface area contributed by atoms with Gasteiger partial charge in [-0.2, -0.15) is 0 Å². The highest BCUT2D eigenvalue weighted by atomic mass is 33.1. The Hall–Kier alpha value is -1.41. The number of rotatable bonds is 10. The third-order valence-corrected chi connectivity index (χ3v) is 6.78. The lowest BCUT2D eigenvalue weighted by Crippen LogP contribution is -2.28. The Morgan fingerprint density at radius 2 is 2.12 bits per heavy atom. The molecule has 2 rings (SSSR count). The van der Waals surface area contributed by atoms with Crippen molar-refractivity contribution in [1.29, 1.82) is 0 Å². The molecule has 1 saturated heterocycles. The van der Waals surface area contributed by atoms with Crippen LogP contribution in [0.2, 0.25) is 0 Å². The molecule has 0 bridgehead atoms. The van der Waals surface area contributed by atoms with Gasteiger partial charge in [-0.3, -0.25) is 14.9 Å². The first kappa shape index (κ1) is 18.9. The van der Waals surface area contributed by atoms with Gasteiger partial charge in [-0.15, -0.1) is 0 Å². The summed E-state index contributed by atoms with van der Waals surface area (Å²) < 4.78 is 0. The van der Waals surface area contributed by atoms with Crippen LogP contribution in [-0.2, 0) is 4.79 Å². The molecule has 1 aliphatic heterocycles. The average Bonchev–Trinajstić information content (AvgIpc) is 3.09. The van der Waals surface area contributed by atoms with Gasteiger partial charge < -0.3 is 10.6 Å². The summed E-state index contributed by atoms with van der Waals surface area (Å²) in [5, 5.41) is 17.5. The number of benzene rings is 1. The maximum absolute atomic E-state index is 11.8. The molecule has 8 heteroatoms. The molecule has 1 aromatic carbocycles. The van der Waals surface area contributed by atoms with Gasteiger partial charge in [-0.25, -0.2) is 0 Å². The molecule has 6 nitrogen and oxygen atoms in total. The molecule has 1 aliphatic rings. The van der Waals surface area contributed by atoms with Crippen LogP contribution in [0.25, 0.3) is 0 Å². The van der Waals surface area contributed by atoms with Gasteiger partial charge >= 0.3 is 0 Å². The summed E-state index contributed by atoms with van der Waals surface area (Å²) in [4.78, 5) is 22.3. The fourth-order valence-corrected chi connectivity index (χ4v) is 5.52. The second kappa shape index (κ2) is 10.5. The Balaban J connectivity index is 1.55. The lowest BCUT2D eigenvalue weighted by Gasteiger charge is -2.09. The molecule has 1 heterocycles. The molecule has 24 heavy (non-hydrogen) atoms. The predicted octanol–water partition coefficient (Wildman–Crippen LogP) is 3.84. The average molecular weight is 370 g/mol. The second-order valence-electron chi connectivity index (χ2n) is 5.63. The monoisotopic (exact) mass is 369 g/mol. The van der Waals surface area contributed by atoms with Crippen LogP contribution in [0.4, 0.5) is 11.4 Å². The van der Waals surface area contributed by atoms with Gasteiger partial charge in [0.2, 0.25) is 5.91 Å². The molecule has 0 aromatic heterocycles. The highest BCUT2D eigenvalue weighted by Crippen LogP contribution is 2.39. The third-order valence-electron chi connectivity index (χ3n) is 3.77. The van der Waals surface area contributed by atoms with Crippen LogP contribution >= 0.6 is 21.6 Å². The van der Waals surface area contributed by atoms with Crippen molar-refractivity contribution >= 4 is 38.9 Å². The molecule has 132 valence electrons. The highest BCUT2D eigenvalue weighted by molar-refractivity contribution is 8.77. The molecular weight excluding hydrogens is 346 g/mol. The lowest BCUT2D eigenvalue weighted by atomic mass is 10.1. The summed E-state index contributed by atoms with van der Waals surface area (Å²) in [5.74, 6) is 1.30. The highest BCUT2D eigenvalue weighted by Gasteiger charge is 2.16. The van der Waals surface area contributed by atoms with Gasteiger partial charge in [0.25, 0.3) is 5.69 Å². The number of nitrogens with one attached hydrogen (secondary N) is 2. The normalized spacial score (nSPS) is 16.8. The Kier molecular flexibility index (Phi) is 8.24. The summed E-state index contributed by atoms with van der Waals surface area (Å²) in [7, 11) is 3.93. The second-order valence-corrected chi connectivity index (χ2v) is 8.41. The number of hydrogen-bond acceptors (Lipinski definition) is 6. The van der Waals surface area contributed by atoms with E-state index in [4.69, 9.17) is 0 Å². The molecule has 2 N–H and O–H groups in total. The van der Waals surface area contributed by atoms with Crippen LogP contribution in [0.15, 0.2) is 24.3 Å². The van der Waals surface area contributed by atoms with Gasteiger partial charge in [-0.05, 0) is 25.3 Å². The maximum atomic E-state index is 11.8. The van der Waals surface area contributed by atoms with Crippen molar-refractivity contribution in [2.24, 2.45) is 0 Å². The summed E-state index contributed by atoms with van der Waals surface area (Å²) in [5.41, 5.74) is 0.524. The fraction of sp³-hybridized carbons (Fsp3) is 0.562. The van der Waals surface area contributed by atoms with Crippen molar-refractivity contribution in [2.45, 2.75) is 37.4 Å². The first-order chi connectivity index (χ1) is 11.7. The SMILES string of the molecule is O=C(CCCCC1CCSS1)NCCNc1ccccc1[N+](=O)[O-]. The van der Waals surface area contributed by atoms with E-state index in [1.54, 1.807) is 18.2 Å². The quantitative estimate of drug-likeness (QED) is 0.282. The fourth-order valence-electron chi connectivity index (χ4n) is 2.49. The Bertz CT molecular complexity index is 551. The molecule has 0 radical (unpaired) electrons. The van der Waals surface area contributed by atoms with E-state index in [1.165, 1.54) is 24.7 Å². The standard InChI is InChI=1S/C16H23N3O3S2/c20-16(8-4-1-5-13-9-12-23-24-13)18-11-10-17-14-6-2-3-7-15(14)19(21)22/h2-3,6-7,13,17H,1,4-5,8-12H2,(H,18,20). The van der Waals surface area contributed by atoms with E-state index in [1.807, 2.05) is 21.6 Å². The van der Waals surface area contributed by atoms with Crippen LogP contribution in [0.3, 0.4) is 0 Å². The molecule has 0 saturated carbocycles. The molecule has 1 aromatic rings. The molecule has 1 amide bonds. The predicted molar refractivity (Wildman–Crippen MR) is 102 cm³/mol. The number of carbonyl (C=O) groups excluding carboxylic acids is 1. The Morgan fingerprint density at radius 1 is 1.29 bits per heavy atom. The first-order valence-corrected chi connectivity index (χ1v) is 10.6. The number of para-hydroxylation sites is 2. The Morgan fingerprint density at radius 3 is 2.88 bits per heavy atom. The summed E-state index contributed by atoms with van der Waals surface area (Å²) in [6.45, 7) is 0.923. The number of nitro groups is 1. The van der Waals surface area contributed by atoms with Gasteiger partial charge in [0.05, 0.1) is 4.92 Å². The minimum absolute atomic E-state index is 0.0479. The van der Waals surface area contributed by atoms with Gasteiger partial charge in [0, 0.05) is 36.6 Å². The van der Waals surface area contributed by atoms with Gasteiger partial charge in [-0.1, -0.05) is 40.1 Å². The van der Waals surface area contributed by atoms with Crippen molar-refractivity contribution in [2.75, 3.05) is 24.2 Å². The van der Waals surface area contributed by atoms with Gasteiger partial charge in [0.1, 0.15) is 5.69 Å². The van der Waals surface area contributed by atoms with Crippen molar-refractivity contribution in [3.8, 4) is 0 Å². The van der Waals surface area contributed by atoms with E-state index in [2.05, 4.69) is 10.6 Å². The zero-order valence-corrected chi connectivity index (χ0v) is 15.2. The van der Waals surface area contributed by atoms with E-state index < -0.39 is 4.92 Å².